The molecule has 1 aromatic heterocycles. The molecule has 4 aromatic rings. The molecule has 1 heterocycles. The first-order chi connectivity index (χ1) is 13.6. The summed E-state index contributed by atoms with van der Waals surface area (Å²) in [5, 5.41) is 10.6. The molecule has 0 radical (unpaired) electrons. The fourth-order valence-electron chi connectivity index (χ4n) is 3.05. The SMILES string of the molecule is NS(=O)(=O)c1ccc(-n2nc(C(F)(F)F)cc2-c2ccc3ccccc3c2)cc1. The van der Waals surface area contributed by atoms with Crippen LogP contribution in [-0.4, -0.2) is 18.2 Å². The molecule has 0 bridgehead atoms. The summed E-state index contributed by atoms with van der Waals surface area (Å²) in [6, 6.07) is 18.9. The van der Waals surface area contributed by atoms with Crippen LogP contribution in [0.3, 0.4) is 0 Å². The number of hydrogen-bond acceptors (Lipinski definition) is 3. The monoisotopic (exact) mass is 417 g/mol. The van der Waals surface area contributed by atoms with E-state index in [0.29, 0.717) is 5.56 Å². The molecular weight excluding hydrogens is 403 g/mol. The maximum atomic E-state index is 13.3. The molecule has 3 aromatic carbocycles. The van der Waals surface area contributed by atoms with Crippen LogP contribution in [0.4, 0.5) is 13.2 Å². The average molecular weight is 417 g/mol. The Morgan fingerprint density at radius 2 is 1.52 bits per heavy atom. The molecule has 0 fully saturated rings. The minimum Gasteiger partial charge on any atom is -0.233 e. The van der Waals surface area contributed by atoms with Gasteiger partial charge in [-0.15, -0.1) is 0 Å². The van der Waals surface area contributed by atoms with E-state index in [9.17, 15) is 21.6 Å². The summed E-state index contributed by atoms with van der Waals surface area (Å²) in [5.74, 6) is 0. The van der Waals surface area contributed by atoms with Gasteiger partial charge < -0.3 is 0 Å². The van der Waals surface area contributed by atoms with Gasteiger partial charge in [0, 0.05) is 5.56 Å². The van der Waals surface area contributed by atoms with Crippen molar-refractivity contribution >= 4 is 20.8 Å². The zero-order chi connectivity index (χ0) is 20.8. The lowest BCUT2D eigenvalue weighted by atomic mass is 10.0. The first-order valence-corrected chi connectivity index (χ1v) is 9.97. The lowest BCUT2D eigenvalue weighted by Crippen LogP contribution is -2.12. The van der Waals surface area contributed by atoms with Gasteiger partial charge in [-0.25, -0.2) is 18.2 Å². The van der Waals surface area contributed by atoms with Crippen molar-refractivity contribution in [3.63, 3.8) is 0 Å². The number of nitrogens with zero attached hydrogens (tertiary/aromatic N) is 2. The van der Waals surface area contributed by atoms with Crippen molar-refractivity contribution in [2.75, 3.05) is 0 Å². The molecule has 4 rings (SSSR count). The van der Waals surface area contributed by atoms with Crippen molar-refractivity contribution in [2.45, 2.75) is 11.1 Å². The van der Waals surface area contributed by atoms with Crippen molar-refractivity contribution in [3.05, 3.63) is 78.5 Å². The van der Waals surface area contributed by atoms with Crippen LogP contribution in [0, 0.1) is 0 Å². The summed E-state index contributed by atoms with van der Waals surface area (Å²) in [6.07, 6.45) is -4.63. The highest BCUT2D eigenvalue weighted by Gasteiger charge is 2.35. The number of nitrogens with two attached hydrogens (primary N) is 1. The van der Waals surface area contributed by atoms with E-state index < -0.39 is 21.9 Å². The van der Waals surface area contributed by atoms with Gasteiger partial charge in [0.1, 0.15) is 0 Å². The number of halogens is 3. The summed E-state index contributed by atoms with van der Waals surface area (Å²) in [6.45, 7) is 0. The molecule has 0 spiro atoms. The van der Waals surface area contributed by atoms with Crippen molar-refractivity contribution in [2.24, 2.45) is 5.14 Å². The second-order valence-corrected chi connectivity index (χ2v) is 7.99. The average Bonchev–Trinajstić information content (AvgIpc) is 3.13. The third kappa shape index (κ3) is 3.74. The lowest BCUT2D eigenvalue weighted by Gasteiger charge is -2.09. The van der Waals surface area contributed by atoms with E-state index >= 15 is 0 Å². The van der Waals surface area contributed by atoms with E-state index in [1.165, 1.54) is 24.3 Å². The predicted molar refractivity (Wildman–Crippen MR) is 103 cm³/mol. The van der Waals surface area contributed by atoms with Crippen LogP contribution in [0.1, 0.15) is 5.69 Å². The van der Waals surface area contributed by atoms with E-state index in [-0.39, 0.29) is 16.3 Å². The zero-order valence-corrected chi connectivity index (χ0v) is 15.6. The molecule has 0 amide bonds. The van der Waals surface area contributed by atoms with Gasteiger partial charge in [-0.2, -0.15) is 18.3 Å². The van der Waals surface area contributed by atoms with Crippen LogP contribution in [-0.2, 0) is 16.2 Å². The third-order valence-electron chi connectivity index (χ3n) is 4.45. The first kappa shape index (κ1) is 19.2. The van der Waals surface area contributed by atoms with Crippen LogP contribution < -0.4 is 5.14 Å². The molecule has 9 heteroatoms. The molecule has 2 N–H and O–H groups in total. The Kier molecular flexibility index (Phi) is 4.44. The van der Waals surface area contributed by atoms with Crippen LogP contribution >= 0.6 is 0 Å². The molecular formula is C20H14F3N3O2S. The summed E-state index contributed by atoms with van der Waals surface area (Å²) in [7, 11) is -3.92. The predicted octanol–water partition coefficient (Wildman–Crippen LogP) is 4.36. The smallest absolute Gasteiger partial charge is 0.233 e. The molecule has 0 atom stereocenters. The minimum atomic E-state index is -4.63. The van der Waals surface area contributed by atoms with Crippen molar-refractivity contribution in [1.29, 1.82) is 0 Å². The number of fused-ring (bicyclic) bond motifs is 1. The molecule has 148 valence electrons. The van der Waals surface area contributed by atoms with Gasteiger partial charge in [-0.1, -0.05) is 36.4 Å². The van der Waals surface area contributed by atoms with Crippen molar-refractivity contribution in [3.8, 4) is 16.9 Å². The molecule has 0 saturated carbocycles. The normalized spacial score (nSPS) is 12.4. The maximum Gasteiger partial charge on any atom is 0.435 e. The van der Waals surface area contributed by atoms with Gasteiger partial charge in [0.15, 0.2) is 5.69 Å². The highest BCUT2D eigenvalue weighted by molar-refractivity contribution is 7.89. The largest absolute Gasteiger partial charge is 0.435 e. The molecule has 0 unspecified atom stereocenters. The molecule has 5 nitrogen and oxygen atoms in total. The van der Waals surface area contributed by atoms with Gasteiger partial charge in [0.2, 0.25) is 10.0 Å². The number of hydrogen-bond donors (Lipinski definition) is 1. The molecule has 0 aliphatic heterocycles. The Labute approximate surface area is 164 Å². The van der Waals surface area contributed by atoms with E-state index in [2.05, 4.69) is 5.10 Å². The Morgan fingerprint density at radius 1 is 0.862 bits per heavy atom. The van der Waals surface area contributed by atoms with Gasteiger partial charge >= 0.3 is 6.18 Å². The Balaban J connectivity index is 1.90. The Bertz CT molecular complexity index is 1310. The fourth-order valence-corrected chi connectivity index (χ4v) is 3.56. The number of aromatic nitrogens is 2. The van der Waals surface area contributed by atoms with E-state index in [4.69, 9.17) is 5.14 Å². The maximum absolute atomic E-state index is 13.3. The summed E-state index contributed by atoms with van der Waals surface area (Å²) >= 11 is 0. The van der Waals surface area contributed by atoms with Crippen LogP contribution in [0.5, 0.6) is 0 Å². The molecule has 29 heavy (non-hydrogen) atoms. The standard InChI is InChI=1S/C20H14F3N3O2S/c21-20(22,23)19-12-18(15-6-5-13-3-1-2-4-14(13)11-15)26(25-19)16-7-9-17(10-8-16)29(24,27)28/h1-12H,(H2,24,27,28). The zero-order valence-electron chi connectivity index (χ0n) is 14.8. The first-order valence-electron chi connectivity index (χ1n) is 8.43. The second kappa shape index (κ2) is 6.71. The molecule has 0 aliphatic carbocycles. The third-order valence-corrected chi connectivity index (χ3v) is 5.38. The van der Waals surface area contributed by atoms with Gasteiger partial charge in [-0.05, 0) is 47.2 Å². The quantitative estimate of drug-likeness (QED) is 0.538. The van der Waals surface area contributed by atoms with E-state index in [0.717, 1.165) is 21.5 Å². The van der Waals surface area contributed by atoms with E-state index in [1.54, 1.807) is 12.1 Å². The summed E-state index contributed by atoms with van der Waals surface area (Å²) < 4.78 is 64.0. The van der Waals surface area contributed by atoms with Crippen LogP contribution in [0.15, 0.2) is 77.7 Å². The van der Waals surface area contributed by atoms with Gasteiger partial charge in [0.05, 0.1) is 16.3 Å². The number of sulfonamides is 1. The fraction of sp³-hybridized carbons (Fsp3) is 0.0500. The van der Waals surface area contributed by atoms with Crippen LogP contribution in [0.25, 0.3) is 27.7 Å². The summed E-state index contributed by atoms with van der Waals surface area (Å²) in [4.78, 5) is -0.142. The lowest BCUT2D eigenvalue weighted by molar-refractivity contribution is -0.141. The van der Waals surface area contributed by atoms with Crippen molar-refractivity contribution in [1.82, 2.24) is 9.78 Å². The minimum absolute atomic E-state index is 0.142. The van der Waals surface area contributed by atoms with Gasteiger partial charge in [-0.3, -0.25) is 0 Å². The molecule has 0 aliphatic rings. The number of rotatable bonds is 3. The highest BCUT2D eigenvalue weighted by atomic mass is 32.2. The Hall–Kier alpha value is -3.17. The Morgan fingerprint density at radius 3 is 2.14 bits per heavy atom. The number of benzene rings is 3. The highest BCUT2D eigenvalue weighted by Crippen LogP contribution is 2.34. The second-order valence-electron chi connectivity index (χ2n) is 6.43. The van der Waals surface area contributed by atoms with Crippen molar-refractivity contribution < 1.29 is 21.6 Å². The molecule has 0 saturated heterocycles. The van der Waals surface area contributed by atoms with E-state index in [1.807, 2.05) is 30.3 Å². The summed E-state index contributed by atoms with van der Waals surface area (Å²) in [5.41, 5.74) is 0.000830. The van der Waals surface area contributed by atoms with Gasteiger partial charge in [0.25, 0.3) is 0 Å². The van der Waals surface area contributed by atoms with Crippen LogP contribution in [0.2, 0.25) is 0 Å². The number of alkyl halides is 3. The topological polar surface area (TPSA) is 78.0 Å². The number of primary sulfonamides is 1.